The molecule has 4 nitrogen and oxygen atoms in total. The molecule has 3 rings (SSSR count). The van der Waals surface area contributed by atoms with Crippen molar-refractivity contribution in [3.8, 4) is 0 Å². The second-order valence-electron chi connectivity index (χ2n) is 6.30. The predicted octanol–water partition coefficient (Wildman–Crippen LogP) is 2.60. The largest absolute Gasteiger partial charge is 0.399 e. The van der Waals surface area contributed by atoms with Crippen LogP contribution in [-0.4, -0.2) is 43.6 Å². The van der Waals surface area contributed by atoms with Crippen molar-refractivity contribution in [2.75, 3.05) is 44.4 Å². The highest BCUT2D eigenvalue weighted by Gasteiger charge is 2.21. The molecule has 112 valence electrons. The molecule has 1 aliphatic heterocycles. The Kier molecular flexibility index (Phi) is 3.97. The maximum Gasteiger partial charge on any atom is 0.0743 e. The Morgan fingerprint density at radius 2 is 2.00 bits per heavy atom. The summed E-state index contributed by atoms with van der Waals surface area (Å²) in [7, 11) is 4.32. The van der Waals surface area contributed by atoms with Gasteiger partial charge in [-0.1, -0.05) is 0 Å². The topological polar surface area (TPSA) is 45.4 Å². The molecule has 0 amide bonds. The van der Waals surface area contributed by atoms with E-state index in [2.05, 4.69) is 41.0 Å². The molecule has 0 spiro atoms. The number of hydrogen-bond acceptors (Lipinski definition) is 4. The van der Waals surface area contributed by atoms with Crippen molar-refractivity contribution in [2.45, 2.75) is 12.8 Å². The number of fused-ring (bicyclic) bond motifs is 1. The van der Waals surface area contributed by atoms with E-state index in [9.17, 15) is 0 Å². The first kappa shape index (κ1) is 14.1. The minimum absolute atomic E-state index is 0.775. The van der Waals surface area contributed by atoms with Gasteiger partial charge in [0, 0.05) is 42.6 Å². The number of rotatable bonds is 3. The summed E-state index contributed by atoms with van der Waals surface area (Å²) in [5, 5.41) is 1.21. The van der Waals surface area contributed by atoms with Gasteiger partial charge in [-0.25, -0.2) is 0 Å². The molecule has 1 aromatic carbocycles. The van der Waals surface area contributed by atoms with Gasteiger partial charge in [0.2, 0.25) is 0 Å². The van der Waals surface area contributed by atoms with Gasteiger partial charge < -0.3 is 15.5 Å². The van der Waals surface area contributed by atoms with Gasteiger partial charge in [0.05, 0.1) is 5.52 Å². The van der Waals surface area contributed by atoms with Gasteiger partial charge >= 0.3 is 0 Å². The zero-order chi connectivity index (χ0) is 14.8. The van der Waals surface area contributed by atoms with Gasteiger partial charge in [-0.15, -0.1) is 0 Å². The highest BCUT2D eigenvalue weighted by atomic mass is 15.1. The molecule has 2 aromatic rings. The van der Waals surface area contributed by atoms with Gasteiger partial charge in [-0.05, 0) is 57.1 Å². The molecule has 0 bridgehead atoms. The zero-order valence-electron chi connectivity index (χ0n) is 12.9. The number of benzene rings is 1. The van der Waals surface area contributed by atoms with Gasteiger partial charge in [-0.2, -0.15) is 0 Å². The van der Waals surface area contributed by atoms with Crippen LogP contribution in [0.5, 0.6) is 0 Å². The lowest BCUT2D eigenvalue weighted by molar-refractivity contribution is 0.285. The molecule has 1 aliphatic rings. The van der Waals surface area contributed by atoms with Crippen molar-refractivity contribution in [2.24, 2.45) is 5.92 Å². The fourth-order valence-electron chi connectivity index (χ4n) is 3.30. The van der Waals surface area contributed by atoms with Crippen molar-refractivity contribution in [1.82, 2.24) is 9.88 Å². The SMILES string of the molecule is CN(C)CC1CCN(c2ccnc3cc(N)ccc23)CC1. The van der Waals surface area contributed by atoms with Gasteiger partial charge in [-0.3, -0.25) is 4.98 Å². The summed E-state index contributed by atoms with van der Waals surface area (Å²) in [6.45, 7) is 3.45. The molecule has 0 saturated carbocycles. The Bertz CT molecular complexity index is 615. The molecule has 1 aromatic heterocycles. The third-order valence-corrected chi connectivity index (χ3v) is 4.32. The van der Waals surface area contributed by atoms with Gasteiger partial charge in [0.25, 0.3) is 0 Å². The highest BCUT2D eigenvalue weighted by Crippen LogP contribution is 2.30. The Labute approximate surface area is 126 Å². The third kappa shape index (κ3) is 3.10. The molecule has 0 radical (unpaired) electrons. The van der Waals surface area contributed by atoms with E-state index >= 15 is 0 Å². The highest BCUT2D eigenvalue weighted by molar-refractivity contribution is 5.93. The average Bonchev–Trinajstić information content (AvgIpc) is 2.46. The van der Waals surface area contributed by atoms with E-state index in [0.29, 0.717) is 0 Å². The van der Waals surface area contributed by atoms with Crippen LogP contribution in [0.25, 0.3) is 10.9 Å². The van der Waals surface area contributed by atoms with Gasteiger partial charge in [0.1, 0.15) is 0 Å². The van der Waals surface area contributed by atoms with Gasteiger partial charge in [0.15, 0.2) is 0 Å². The summed E-state index contributed by atoms with van der Waals surface area (Å²) >= 11 is 0. The smallest absolute Gasteiger partial charge is 0.0743 e. The Morgan fingerprint density at radius 3 is 2.71 bits per heavy atom. The number of piperidine rings is 1. The van der Waals surface area contributed by atoms with Crippen molar-refractivity contribution in [3.05, 3.63) is 30.5 Å². The minimum atomic E-state index is 0.775. The molecule has 0 aliphatic carbocycles. The van der Waals surface area contributed by atoms with Crippen LogP contribution < -0.4 is 10.6 Å². The van der Waals surface area contributed by atoms with E-state index in [1.54, 1.807) is 0 Å². The second-order valence-corrected chi connectivity index (χ2v) is 6.30. The number of anilines is 2. The molecule has 21 heavy (non-hydrogen) atoms. The quantitative estimate of drug-likeness (QED) is 0.880. The molecular weight excluding hydrogens is 260 g/mol. The number of nitrogens with two attached hydrogens (primary N) is 1. The monoisotopic (exact) mass is 284 g/mol. The Balaban J connectivity index is 1.79. The van der Waals surface area contributed by atoms with Crippen LogP contribution in [0.15, 0.2) is 30.5 Å². The molecule has 1 fully saturated rings. The first-order chi connectivity index (χ1) is 10.1. The second kappa shape index (κ2) is 5.90. The number of nitrogens with zero attached hydrogens (tertiary/aromatic N) is 3. The van der Waals surface area contributed by atoms with Crippen LogP contribution in [0, 0.1) is 5.92 Å². The number of aromatic nitrogens is 1. The van der Waals surface area contributed by atoms with Crippen LogP contribution >= 0.6 is 0 Å². The molecule has 0 unspecified atom stereocenters. The standard InChI is InChI=1S/C17H24N4/c1-20(2)12-13-6-9-21(10-7-13)17-5-8-19-16-11-14(18)3-4-15(16)17/h3-5,8,11,13H,6-7,9-10,12,18H2,1-2H3. The minimum Gasteiger partial charge on any atom is -0.399 e. The molecule has 2 N–H and O–H groups in total. The lowest BCUT2D eigenvalue weighted by Crippen LogP contribution is -2.37. The summed E-state index contributed by atoms with van der Waals surface area (Å²) in [4.78, 5) is 9.23. The fraction of sp³-hybridized carbons (Fsp3) is 0.471. The molecule has 2 heterocycles. The maximum atomic E-state index is 5.86. The zero-order valence-corrected chi connectivity index (χ0v) is 12.9. The number of hydrogen-bond donors (Lipinski definition) is 1. The first-order valence-electron chi connectivity index (χ1n) is 7.67. The molecular formula is C17H24N4. The number of pyridine rings is 1. The Morgan fingerprint density at radius 1 is 1.24 bits per heavy atom. The van der Waals surface area contributed by atoms with E-state index < -0.39 is 0 Å². The fourth-order valence-corrected chi connectivity index (χ4v) is 3.30. The van der Waals surface area contributed by atoms with Crippen molar-refractivity contribution in [3.63, 3.8) is 0 Å². The van der Waals surface area contributed by atoms with Crippen molar-refractivity contribution >= 4 is 22.3 Å². The van der Waals surface area contributed by atoms with E-state index in [-0.39, 0.29) is 0 Å². The summed E-state index contributed by atoms with van der Waals surface area (Å²) in [5.41, 5.74) is 8.92. The van der Waals surface area contributed by atoms with Crippen LogP contribution in [-0.2, 0) is 0 Å². The van der Waals surface area contributed by atoms with Crippen LogP contribution in [0.3, 0.4) is 0 Å². The van der Waals surface area contributed by atoms with E-state index in [4.69, 9.17) is 5.73 Å². The lowest BCUT2D eigenvalue weighted by atomic mass is 9.95. The molecule has 1 saturated heterocycles. The first-order valence-corrected chi connectivity index (χ1v) is 7.67. The van der Waals surface area contributed by atoms with E-state index in [1.165, 1.54) is 30.5 Å². The van der Waals surface area contributed by atoms with Crippen molar-refractivity contribution in [1.29, 1.82) is 0 Å². The van der Waals surface area contributed by atoms with Crippen molar-refractivity contribution < 1.29 is 0 Å². The summed E-state index contributed by atoms with van der Waals surface area (Å²) in [6, 6.07) is 8.15. The summed E-state index contributed by atoms with van der Waals surface area (Å²) in [6.07, 6.45) is 4.41. The lowest BCUT2D eigenvalue weighted by Gasteiger charge is -2.35. The average molecular weight is 284 g/mol. The van der Waals surface area contributed by atoms with Crippen LogP contribution in [0.2, 0.25) is 0 Å². The normalized spacial score (nSPS) is 16.8. The Hall–Kier alpha value is -1.81. The summed E-state index contributed by atoms with van der Waals surface area (Å²) < 4.78 is 0. The number of nitrogen functional groups attached to an aromatic ring is 1. The molecule has 4 heteroatoms. The predicted molar refractivity (Wildman–Crippen MR) is 89.6 cm³/mol. The maximum absolute atomic E-state index is 5.86. The third-order valence-electron chi connectivity index (χ3n) is 4.32. The summed E-state index contributed by atoms with van der Waals surface area (Å²) in [5.74, 6) is 0.819. The van der Waals surface area contributed by atoms with Crippen LogP contribution in [0.4, 0.5) is 11.4 Å². The van der Waals surface area contributed by atoms with Crippen LogP contribution in [0.1, 0.15) is 12.8 Å². The van der Waals surface area contributed by atoms with E-state index in [0.717, 1.165) is 30.2 Å². The van der Waals surface area contributed by atoms with E-state index in [1.807, 2.05) is 18.3 Å². The molecule has 0 atom stereocenters.